The number of rotatable bonds is 5. The van der Waals surface area contributed by atoms with E-state index in [1.54, 1.807) is 0 Å². The minimum absolute atomic E-state index is 0.0247. The van der Waals surface area contributed by atoms with E-state index in [2.05, 4.69) is 12.1 Å². The quantitative estimate of drug-likeness (QED) is 0.815. The van der Waals surface area contributed by atoms with E-state index in [0.717, 1.165) is 18.4 Å². The molecule has 3 aliphatic rings. The van der Waals surface area contributed by atoms with Gasteiger partial charge in [-0.2, -0.15) is 0 Å². The first kappa shape index (κ1) is 17.5. The van der Waals surface area contributed by atoms with Crippen molar-refractivity contribution in [1.29, 1.82) is 0 Å². The van der Waals surface area contributed by atoms with Gasteiger partial charge in [0.05, 0.1) is 18.6 Å². The number of nitrogens with zero attached hydrogens (tertiary/aromatic N) is 2. The third-order valence-corrected chi connectivity index (χ3v) is 6.05. The van der Waals surface area contributed by atoms with Crippen molar-refractivity contribution in [2.45, 2.75) is 57.3 Å². The molecule has 1 aromatic rings. The summed E-state index contributed by atoms with van der Waals surface area (Å²) in [5.74, 6) is 0.428. The Balaban J connectivity index is 1.24. The van der Waals surface area contributed by atoms with Gasteiger partial charge >= 0.3 is 0 Å². The number of hydrogen-bond donors (Lipinski definition) is 0. The standard InChI is InChI=1S/C21H28N2O3/c24-20-11-10-17(12-23(20)18-8-4-5-9-18)21(25)22-13-19(14-22)26-15-16-6-2-1-3-7-16/h1-3,6-7,17-19H,4-5,8-15H2/t17-/m1/s1. The summed E-state index contributed by atoms with van der Waals surface area (Å²) in [6.07, 6.45) is 5.98. The average molecular weight is 356 g/mol. The predicted octanol–water partition coefficient (Wildman–Crippen LogP) is 2.60. The van der Waals surface area contributed by atoms with Gasteiger partial charge in [0.25, 0.3) is 0 Å². The van der Waals surface area contributed by atoms with Crippen LogP contribution in [-0.4, -0.2) is 53.4 Å². The first-order valence-corrected chi connectivity index (χ1v) is 9.94. The second-order valence-electron chi connectivity index (χ2n) is 7.88. The zero-order valence-corrected chi connectivity index (χ0v) is 15.3. The maximum Gasteiger partial charge on any atom is 0.227 e. The first-order chi connectivity index (χ1) is 12.7. The van der Waals surface area contributed by atoms with E-state index in [0.29, 0.717) is 45.1 Å². The summed E-state index contributed by atoms with van der Waals surface area (Å²) in [4.78, 5) is 29.0. The van der Waals surface area contributed by atoms with E-state index in [1.165, 1.54) is 12.8 Å². The molecule has 3 fully saturated rings. The summed E-state index contributed by atoms with van der Waals surface area (Å²) in [6.45, 7) is 2.58. The van der Waals surface area contributed by atoms with Gasteiger partial charge in [-0.15, -0.1) is 0 Å². The number of hydrogen-bond acceptors (Lipinski definition) is 3. The average Bonchev–Trinajstić information content (AvgIpc) is 3.16. The van der Waals surface area contributed by atoms with E-state index >= 15 is 0 Å². The first-order valence-electron chi connectivity index (χ1n) is 9.94. The van der Waals surface area contributed by atoms with Crippen LogP contribution in [0.2, 0.25) is 0 Å². The van der Waals surface area contributed by atoms with E-state index < -0.39 is 0 Å². The van der Waals surface area contributed by atoms with Gasteiger partial charge in [0, 0.05) is 32.1 Å². The van der Waals surface area contributed by atoms with Gasteiger partial charge in [-0.25, -0.2) is 0 Å². The molecule has 1 aliphatic carbocycles. The molecule has 0 bridgehead atoms. The molecule has 2 amide bonds. The maximum absolute atomic E-state index is 12.8. The van der Waals surface area contributed by atoms with Crippen molar-refractivity contribution in [2.75, 3.05) is 19.6 Å². The molecular weight excluding hydrogens is 328 g/mol. The molecule has 0 radical (unpaired) electrons. The number of carbonyl (C=O) groups is 2. The lowest BCUT2D eigenvalue weighted by Gasteiger charge is -2.43. The number of likely N-dealkylation sites (tertiary alicyclic amines) is 2. The van der Waals surface area contributed by atoms with Crippen LogP contribution in [0.1, 0.15) is 44.1 Å². The number of ether oxygens (including phenoxy) is 1. The van der Waals surface area contributed by atoms with E-state index in [1.807, 2.05) is 28.0 Å². The second kappa shape index (κ2) is 7.78. The van der Waals surface area contributed by atoms with Gasteiger partial charge in [-0.05, 0) is 24.8 Å². The van der Waals surface area contributed by atoms with Gasteiger partial charge in [0.15, 0.2) is 0 Å². The lowest BCUT2D eigenvalue weighted by molar-refractivity contribution is -0.155. The highest BCUT2D eigenvalue weighted by Crippen LogP contribution is 2.30. The minimum atomic E-state index is -0.0247. The van der Waals surface area contributed by atoms with Gasteiger partial charge in [-0.1, -0.05) is 43.2 Å². The van der Waals surface area contributed by atoms with Crippen LogP contribution in [0.5, 0.6) is 0 Å². The van der Waals surface area contributed by atoms with Crippen LogP contribution in [-0.2, 0) is 20.9 Å². The lowest BCUT2D eigenvalue weighted by atomic mass is 9.93. The normalized spacial score (nSPS) is 24.8. The Labute approximate surface area is 155 Å². The van der Waals surface area contributed by atoms with Crippen LogP contribution in [0.4, 0.5) is 0 Å². The fraction of sp³-hybridized carbons (Fsp3) is 0.619. The summed E-state index contributed by atoms with van der Waals surface area (Å²) in [5.41, 5.74) is 1.16. The Morgan fingerprint density at radius 1 is 1.04 bits per heavy atom. The summed E-state index contributed by atoms with van der Waals surface area (Å²) in [7, 11) is 0. The number of carbonyl (C=O) groups excluding carboxylic acids is 2. The number of benzene rings is 1. The minimum Gasteiger partial charge on any atom is -0.370 e. The van der Waals surface area contributed by atoms with Crippen molar-refractivity contribution < 1.29 is 14.3 Å². The molecule has 26 heavy (non-hydrogen) atoms. The molecule has 4 rings (SSSR count). The predicted molar refractivity (Wildman–Crippen MR) is 98.3 cm³/mol. The van der Waals surface area contributed by atoms with Crippen molar-refractivity contribution in [1.82, 2.24) is 9.80 Å². The van der Waals surface area contributed by atoms with Gasteiger partial charge < -0.3 is 14.5 Å². The van der Waals surface area contributed by atoms with Crippen LogP contribution in [0.3, 0.4) is 0 Å². The zero-order valence-electron chi connectivity index (χ0n) is 15.3. The Kier molecular flexibility index (Phi) is 5.25. The molecule has 0 N–H and O–H groups in total. The zero-order chi connectivity index (χ0) is 17.9. The highest BCUT2D eigenvalue weighted by molar-refractivity contribution is 5.84. The monoisotopic (exact) mass is 356 g/mol. The molecular formula is C21H28N2O3. The molecule has 140 valence electrons. The van der Waals surface area contributed by atoms with Gasteiger partial charge in [0.2, 0.25) is 11.8 Å². The van der Waals surface area contributed by atoms with Crippen molar-refractivity contribution >= 4 is 11.8 Å². The fourth-order valence-corrected chi connectivity index (χ4v) is 4.41. The summed E-state index contributed by atoms with van der Waals surface area (Å²) in [6, 6.07) is 10.5. The third-order valence-electron chi connectivity index (χ3n) is 6.05. The summed E-state index contributed by atoms with van der Waals surface area (Å²) in [5, 5.41) is 0. The number of piperidine rings is 1. The molecule has 5 heteroatoms. The molecule has 1 atom stereocenters. The summed E-state index contributed by atoms with van der Waals surface area (Å²) < 4.78 is 5.89. The van der Waals surface area contributed by atoms with Crippen LogP contribution >= 0.6 is 0 Å². The van der Waals surface area contributed by atoms with Crippen LogP contribution in [0.25, 0.3) is 0 Å². The SMILES string of the molecule is O=C([C@@H]1CCC(=O)N(C2CCCC2)C1)N1CC(OCc2ccccc2)C1. The highest BCUT2D eigenvalue weighted by atomic mass is 16.5. The van der Waals surface area contributed by atoms with Gasteiger partial charge in [0.1, 0.15) is 0 Å². The molecule has 1 saturated carbocycles. The van der Waals surface area contributed by atoms with Crippen LogP contribution in [0, 0.1) is 5.92 Å². The van der Waals surface area contributed by atoms with E-state index in [4.69, 9.17) is 4.74 Å². The van der Waals surface area contributed by atoms with Crippen molar-refractivity contribution in [3.63, 3.8) is 0 Å². The smallest absolute Gasteiger partial charge is 0.227 e. The third kappa shape index (κ3) is 3.78. The lowest BCUT2D eigenvalue weighted by Crippen LogP contribution is -2.58. The van der Waals surface area contributed by atoms with Crippen molar-refractivity contribution in [3.05, 3.63) is 35.9 Å². The molecule has 0 unspecified atom stereocenters. The van der Waals surface area contributed by atoms with Crippen molar-refractivity contribution in [2.24, 2.45) is 5.92 Å². The molecule has 2 heterocycles. The van der Waals surface area contributed by atoms with Crippen LogP contribution < -0.4 is 0 Å². The Bertz CT molecular complexity index is 636. The van der Waals surface area contributed by atoms with Crippen molar-refractivity contribution in [3.8, 4) is 0 Å². The molecule has 0 spiro atoms. The molecule has 5 nitrogen and oxygen atoms in total. The molecule has 2 saturated heterocycles. The Morgan fingerprint density at radius 3 is 2.50 bits per heavy atom. The molecule has 2 aliphatic heterocycles. The Hall–Kier alpha value is -1.88. The van der Waals surface area contributed by atoms with Crippen LogP contribution in [0.15, 0.2) is 30.3 Å². The highest BCUT2D eigenvalue weighted by Gasteiger charge is 2.40. The number of amides is 2. The molecule has 1 aromatic carbocycles. The maximum atomic E-state index is 12.8. The largest absolute Gasteiger partial charge is 0.370 e. The topological polar surface area (TPSA) is 49.9 Å². The van der Waals surface area contributed by atoms with E-state index in [9.17, 15) is 9.59 Å². The fourth-order valence-electron chi connectivity index (χ4n) is 4.41. The van der Waals surface area contributed by atoms with Gasteiger partial charge in [-0.3, -0.25) is 9.59 Å². The van der Waals surface area contributed by atoms with E-state index in [-0.39, 0.29) is 23.8 Å². The second-order valence-corrected chi connectivity index (χ2v) is 7.88. The summed E-state index contributed by atoms with van der Waals surface area (Å²) >= 11 is 0. The molecule has 0 aromatic heterocycles. The Morgan fingerprint density at radius 2 is 1.77 bits per heavy atom.